The van der Waals surface area contributed by atoms with Crippen LogP contribution in [-0.2, 0) is 9.59 Å². The Balaban J connectivity index is 1.64. The van der Waals surface area contributed by atoms with Crippen LogP contribution in [0, 0.1) is 6.92 Å². The summed E-state index contributed by atoms with van der Waals surface area (Å²) in [6.45, 7) is 1.92. The molecule has 1 aliphatic heterocycles. The molecule has 1 unspecified atom stereocenters. The van der Waals surface area contributed by atoms with E-state index < -0.39 is 17.9 Å². The lowest BCUT2D eigenvalue weighted by molar-refractivity contribution is -0.122. The first-order valence-corrected chi connectivity index (χ1v) is 10.6. The number of amides is 3. The SMILES string of the molecule is Cc1ccc(C(=O)N2c3ccccc3NC(=O)C2CC(=O)Nc2ccc(Cl)c(Cl)c2)cc1. The highest BCUT2D eigenvalue weighted by Gasteiger charge is 2.38. The third-order valence-electron chi connectivity index (χ3n) is 5.14. The number of hydrogen-bond acceptors (Lipinski definition) is 3. The molecule has 3 aromatic rings. The van der Waals surface area contributed by atoms with Gasteiger partial charge in [-0.2, -0.15) is 0 Å². The van der Waals surface area contributed by atoms with Gasteiger partial charge < -0.3 is 10.6 Å². The lowest BCUT2D eigenvalue weighted by Gasteiger charge is -2.36. The molecule has 1 heterocycles. The zero-order valence-electron chi connectivity index (χ0n) is 17.1. The Kier molecular flexibility index (Phi) is 6.17. The maximum absolute atomic E-state index is 13.4. The molecule has 6 nitrogen and oxygen atoms in total. The summed E-state index contributed by atoms with van der Waals surface area (Å²) in [6, 6.07) is 17.7. The summed E-state index contributed by atoms with van der Waals surface area (Å²) in [5.74, 6) is -1.24. The van der Waals surface area contributed by atoms with Crippen LogP contribution in [0.15, 0.2) is 66.7 Å². The molecule has 8 heteroatoms. The fourth-order valence-corrected chi connectivity index (χ4v) is 3.82. The van der Waals surface area contributed by atoms with Crippen molar-refractivity contribution in [3.05, 3.63) is 87.9 Å². The number of hydrogen-bond donors (Lipinski definition) is 2. The first-order chi connectivity index (χ1) is 15.3. The van der Waals surface area contributed by atoms with Gasteiger partial charge in [-0.3, -0.25) is 19.3 Å². The number of anilines is 3. The molecule has 0 fully saturated rings. The van der Waals surface area contributed by atoms with Gasteiger partial charge in [0, 0.05) is 11.3 Å². The molecular formula is C24H19Cl2N3O3. The van der Waals surface area contributed by atoms with Crippen molar-refractivity contribution in [2.24, 2.45) is 0 Å². The third kappa shape index (κ3) is 4.47. The Morgan fingerprint density at radius 3 is 2.44 bits per heavy atom. The van der Waals surface area contributed by atoms with Gasteiger partial charge in [-0.05, 0) is 49.4 Å². The second-order valence-corrected chi connectivity index (χ2v) is 8.26. The molecule has 0 bridgehead atoms. The summed E-state index contributed by atoms with van der Waals surface area (Å²) in [6.07, 6.45) is -0.238. The van der Waals surface area contributed by atoms with Crippen LogP contribution in [0.5, 0.6) is 0 Å². The Morgan fingerprint density at radius 1 is 1.00 bits per heavy atom. The number of carbonyl (C=O) groups is 3. The summed E-state index contributed by atoms with van der Waals surface area (Å²) in [7, 11) is 0. The van der Waals surface area contributed by atoms with Crippen LogP contribution in [0.4, 0.5) is 17.1 Å². The summed E-state index contributed by atoms with van der Waals surface area (Å²) in [5, 5.41) is 6.16. The van der Waals surface area contributed by atoms with Crippen LogP contribution in [-0.4, -0.2) is 23.8 Å². The summed E-state index contributed by atoms with van der Waals surface area (Å²) < 4.78 is 0. The smallest absolute Gasteiger partial charge is 0.259 e. The van der Waals surface area contributed by atoms with Crippen molar-refractivity contribution in [3.8, 4) is 0 Å². The lowest BCUT2D eigenvalue weighted by atomic mass is 10.0. The molecule has 32 heavy (non-hydrogen) atoms. The van der Waals surface area contributed by atoms with E-state index in [0.717, 1.165) is 5.56 Å². The van der Waals surface area contributed by atoms with Gasteiger partial charge in [0.2, 0.25) is 11.8 Å². The molecule has 0 saturated carbocycles. The maximum atomic E-state index is 13.4. The average molecular weight is 468 g/mol. The summed E-state index contributed by atoms with van der Waals surface area (Å²) >= 11 is 11.9. The van der Waals surface area contributed by atoms with E-state index in [2.05, 4.69) is 10.6 Å². The second-order valence-electron chi connectivity index (χ2n) is 7.44. The normalized spacial score (nSPS) is 15.0. The van der Waals surface area contributed by atoms with Gasteiger partial charge >= 0.3 is 0 Å². The lowest BCUT2D eigenvalue weighted by Crippen LogP contribution is -2.52. The molecule has 3 amide bonds. The number of fused-ring (bicyclic) bond motifs is 1. The predicted molar refractivity (Wildman–Crippen MR) is 127 cm³/mol. The summed E-state index contributed by atoms with van der Waals surface area (Å²) in [5.41, 5.74) is 2.92. The van der Waals surface area contributed by atoms with E-state index in [1.807, 2.05) is 19.1 Å². The van der Waals surface area contributed by atoms with Crippen LogP contribution in [0.25, 0.3) is 0 Å². The quantitative estimate of drug-likeness (QED) is 0.546. The fraction of sp³-hybridized carbons (Fsp3) is 0.125. The number of nitrogens with zero attached hydrogens (tertiary/aromatic N) is 1. The van der Waals surface area contributed by atoms with E-state index in [1.54, 1.807) is 48.5 Å². The van der Waals surface area contributed by atoms with Crippen molar-refractivity contribution in [1.29, 1.82) is 0 Å². The van der Waals surface area contributed by atoms with Crippen molar-refractivity contribution in [3.63, 3.8) is 0 Å². The van der Waals surface area contributed by atoms with Gasteiger partial charge in [-0.15, -0.1) is 0 Å². The van der Waals surface area contributed by atoms with Crippen LogP contribution in [0.3, 0.4) is 0 Å². The predicted octanol–water partition coefficient (Wildman–Crippen LogP) is 5.30. The van der Waals surface area contributed by atoms with E-state index in [-0.39, 0.29) is 12.3 Å². The number of benzene rings is 3. The molecule has 1 aliphatic rings. The molecule has 162 valence electrons. The fourth-order valence-electron chi connectivity index (χ4n) is 3.52. The minimum atomic E-state index is -1.03. The van der Waals surface area contributed by atoms with Crippen LogP contribution in [0.1, 0.15) is 22.3 Å². The van der Waals surface area contributed by atoms with E-state index in [4.69, 9.17) is 23.2 Å². The molecule has 3 aromatic carbocycles. The van der Waals surface area contributed by atoms with Gasteiger partial charge in [0.05, 0.1) is 27.8 Å². The van der Waals surface area contributed by atoms with Crippen molar-refractivity contribution in [1.82, 2.24) is 0 Å². The maximum Gasteiger partial charge on any atom is 0.259 e. The number of aryl methyl sites for hydroxylation is 1. The van der Waals surface area contributed by atoms with E-state index in [0.29, 0.717) is 32.7 Å². The zero-order valence-corrected chi connectivity index (χ0v) is 18.6. The third-order valence-corrected chi connectivity index (χ3v) is 5.87. The number of halogens is 2. The Labute approximate surface area is 195 Å². The van der Waals surface area contributed by atoms with Crippen molar-refractivity contribution in [2.75, 3.05) is 15.5 Å². The van der Waals surface area contributed by atoms with Gasteiger partial charge in [-0.25, -0.2) is 0 Å². The Bertz CT molecular complexity index is 1210. The Morgan fingerprint density at radius 2 is 1.72 bits per heavy atom. The molecular weight excluding hydrogens is 449 g/mol. The Hall–Kier alpha value is -3.35. The molecule has 0 aliphatic carbocycles. The number of nitrogens with one attached hydrogen (secondary N) is 2. The molecule has 1 atom stereocenters. The molecule has 0 spiro atoms. The standard InChI is InChI=1S/C24H19Cl2N3O3/c1-14-6-8-15(9-7-14)24(32)29-20-5-3-2-4-19(20)28-23(31)21(29)13-22(30)27-16-10-11-17(25)18(26)12-16/h2-12,21H,13H2,1H3,(H,27,30)(H,28,31). The highest BCUT2D eigenvalue weighted by molar-refractivity contribution is 6.42. The first-order valence-electron chi connectivity index (χ1n) is 9.88. The largest absolute Gasteiger partial charge is 0.326 e. The monoisotopic (exact) mass is 467 g/mol. The van der Waals surface area contributed by atoms with Crippen LogP contribution >= 0.6 is 23.2 Å². The van der Waals surface area contributed by atoms with Gasteiger partial charge in [-0.1, -0.05) is 53.0 Å². The average Bonchev–Trinajstić information content (AvgIpc) is 2.77. The van der Waals surface area contributed by atoms with Crippen molar-refractivity contribution in [2.45, 2.75) is 19.4 Å². The molecule has 0 radical (unpaired) electrons. The molecule has 4 rings (SSSR count). The van der Waals surface area contributed by atoms with Gasteiger partial charge in [0.1, 0.15) is 6.04 Å². The highest BCUT2D eigenvalue weighted by Crippen LogP contribution is 2.34. The minimum absolute atomic E-state index is 0.238. The second kappa shape index (κ2) is 9.02. The molecule has 2 N–H and O–H groups in total. The van der Waals surface area contributed by atoms with E-state index in [1.165, 1.54) is 11.0 Å². The van der Waals surface area contributed by atoms with E-state index >= 15 is 0 Å². The number of para-hydroxylation sites is 2. The zero-order chi connectivity index (χ0) is 22.8. The number of carbonyl (C=O) groups excluding carboxylic acids is 3. The minimum Gasteiger partial charge on any atom is -0.326 e. The molecule has 0 aromatic heterocycles. The van der Waals surface area contributed by atoms with Crippen LogP contribution < -0.4 is 15.5 Å². The van der Waals surface area contributed by atoms with Crippen LogP contribution in [0.2, 0.25) is 10.0 Å². The van der Waals surface area contributed by atoms with Crippen molar-refractivity contribution >= 4 is 58.0 Å². The highest BCUT2D eigenvalue weighted by atomic mass is 35.5. The first kappa shape index (κ1) is 21.9. The number of rotatable bonds is 4. The summed E-state index contributed by atoms with van der Waals surface area (Å²) in [4.78, 5) is 40.5. The van der Waals surface area contributed by atoms with Gasteiger partial charge in [0.15, 0.2) is 0 Å². The topological polar surface area (TPSA) is 78.5 Å². The van der Waals surface area contributed by atoms with E-state index in [9.17, 15) is 14.4 Å². The molecule has 0 saturated heterocycles. The van der Waals surface area contributed by atoms with Crippen molar-refractivity contribution < 1.29 is 14.4 Å². The van der Waals surface area contributed by atoms with Gasteiger partial charge in [0.25, 0.3) is 5.91 Å².